The van der Waals surface area contributed by atoms with E-state index >= 15 is 0 Å². The zero-order chi connectivity index (χ0) is 15.8. The predicted octanol–water partition coefficient (Wildman–Crippen LogP) is 3.15. The van der Waals surface area contributed by atoms with Crippen molar-refractivity contribution in [3.05, 3.63) is 52.4 Å². The first-order valence-corrected chi connectivity index (χ1v) is 7.25. The fourth-order valence-corrected chi connectivity index (χ4v) is 2.79. The highest BCUT2D eigenvalue weighted by Crippen LogP contribution is 2.34. The van der Waals surface area contributed by atoms with E-state index in [0.29, 0.717) is 22.2 Å². The van der Waals surface area contributed by atoms with Gasteiger partial charge >= 0.3 is 11.7 Å². The van der Waals surface area contributed by atoms with Crippen molar-refractivity contribution in [1.82, 2.24) is 19.6 Å². The molecule has 1 aromatic carbocycles. The summed E-state index contributed by atoms with van der Waals surface area (Å²) in [5.74, 6) is 0.430. The first-order valence-electron chi connectivity index (χ1n) is 6.37. The van der Waals surface area contributed by atoms with Gasteiger partial charge in [0.1, 0.15) is 11.9 Å². The van der Waals surface area contributed by atoms with E-state index in [4.69, 9.17) is 9.15 Å². The van der Waals surface area contributed by atoms with Crippen molar-refractivity contribution in [2.75, 3.05) is 0 Å². The Morgan fingerprint density at radius 1 is 1.39 bits per heavy atom. The van der Waals surface area contributed by atoms with Crippen molar-refractivity contribution in [3.63, 3.8) is 0 Å². The first-order chi connectivity index (χ1) is 11.2. The lowest BCUT2D eigenvalue weighted by Crippen LogP contribution is -1.95. The van der Waals surface area contributed by atoms with Gasteiger partial charge in [-0.15, -0.1) is 10.2 Å². The van der Waals surface area contributed by atoms with Crippen LogP contribution in [0.1, 0.15) is 0 Å². The molecule has 4 aromatic rings. The van der Waals surface area contributed by atoms with E-state index in [1.54, 1.807) is 35.8 Å². The molecule has 9 nitrogen and oxygen atoms in total. The first kappa shape index (κ1) is 13.4. The second-order valence-electron chi connectivity index (χ2n) is 4.43. The van der Waals surface area contributed by atoms with Gasteiger partial charge in [0.25, 0.3) is 4.96 Å². The van der Waals surface area contributed by atoms with E-state index in [1.807, 2.05) is 0 Å². The van der Waals surface area contributed by atoms with E-state index in [-0.39, 0.29) is 11.7 Å². The summed E-state index contributed by atoms with van der Waals surface area (Å²) < 4.78 is 12.1. The highest BCUT2D eigenvalue weighted by atomic mass is 32.1. The fraction of sp³-hybridized carbons (Fsp3) is 0. The van der Waals surface area contributed by atoms with E-state index in [2.05, 4.69) is 15.2 Å². The number of nitrogens with zero attached hydrogens (tertiary/aromatic N) is 5. The van der Waals surface area contributed by atoms with Gasteiger partial charge in [-0.2, -0.15) is 9.38 Å². The van der Waals surface area contributed by atoms with Crippen molar-refractivity contribution in [2.45, 2.75) is 0 Å². The largest absolute Gasteiger partial charge is 0.432 e. The molecule has 0 N–H and O–H groups in total. The number of hydrogen-bond donors (Lipinski definition) is 0. The summed E-state index contributed by atoms with van der Waals surface area (Å²) in [7, 11) is 0. The van der Waals surface area contributed by atoms with Crippen LogP contribution in [0, 0.1) is 10.1 Å². The molecule has 0 radical (unpaired) electrons. The van der Waals surface area contributed by atoms with Gasteiger partial charge in [0.2, 0.25) is 12.3 Å². The second kappa shape index (κ2) is 5.18. The highest BCUT2D eigenvalue weighted by molar-refractivity contribution is 7.15. The van der Waals surface area contributed by atoms with Crippen molar-refractivity contribution in [2.24, 2.45) is 0 Å². The normalized spacial score (nSPS) is 11.0. The summed E-state index contributed by atoms with van der Waals surface area (Å²) in [6.45, 7) is 0. The molecule has 0 aliphatic rings. The number of ether oxygens (including phenoxy) is 1. The van der Waals surface area contributed by atoms with Gasteiger partial charge in [0.15, 0.2) is 0 Å². The van der Waals surface area contributed by atoms with Crippen LogP contribution in [0.2, 0.25) is 0 Å². The smallest absolute Gasteiger partial charge is 0.393 e. The standard InChI is InChI=1S/C13H7N5O4S/c19-18(20)12-11(15-13-17(12)4-5-23-13)22-9-3-1-2-8(6-9)10-16-14-7-21-10/h1-7H. The number of imidazole rings is 1. The molecular formula is C13H7N5O4S. The molecule has 0 fully saturated rings. The van der Waals surface area contributed by atoms with Crippen LogP contribution in [0.5, 0.6) is 11.6 Å². The number of aromatic nitrogens is 4. The molecule has 0 bridgehead atoms. The molecule has 3 aromatic heterocycles. The van der Waals surface area contributed by atoms with Crippen LogP contribution in [0.25, 0.3) is 16.4 Å². The Balaban J connectivity index is 1.74. The molecule has 0 spiro atoms. The van der Waals surface area contributed by atoms with Gasteiger partial charge in [-0.3, -0.25) is 0 Å². The second-order valence-corrected chi connectivity index (χ2v) is 5.30. The van der Waals surface area contributed by atoms with E-state index < -0.39 is 4.92 Å². The number of rotatable bonds is 4. The molecule has 0 amide bonds. The number of hydrogen-bond acceptors (Lipinski definition) is 8. The van der Waals surface area contributed by atoms with Gasteiger partial charge in [-0.05, 0) is 23.1 Å². The van der Waals surface area contributed by atoms with E-state index in [1.165, 1.54) is 22.1 Å². The zero-order valence-electron chi connectivity index (χ0n) is 11.3. The number of fused-ring (bicyclic) bond motifs is 1. The van der Waals surface area contributed by atoms with Crippen molar-refractivity contribution < 1.29 is 14.1 Å². The highest BCUT2D eigenvalue weighted by Gasteiger charge is 2.25. The maximum atomic E-state index is 11.3. The Morgan fingerprint density at radius 3 is 3.09 bits per heavy atom. The van der Waals surface area contributed by atoms with Crippen LogP contribution in [-0.2, 0) is 0 Å². The number of thiazole rings is 1. The quantitative estimate of drug-likeness (QED) is 0.418. The SMILES string of the molecule is O=[N+]([O-])c1c(Oc2cccc(-c3nnco3)c2)nc2sccn12. The molecule has 3 heterocycles. The molecule has 0 atom stereocenters. The van der Waals surface area contributed by atoms with Gasteiger partial charge < -0.3 is 19.3 Å². The van der Waals surface area contributed by atoms with Crippen LogP contribution < -0.4 is 4.74 Å². The molecule has 0 aliphatic heterocycles. The van der Waals surface area contributed by atoms with Crippen LogP contribution >= 0.6 is 11.3 Å². The maximum absolute atomic E-state index is 11.3. The summed E-state index contributed by atoms with van der Waals surface area (Å²) in [6, 6.07) is 6.79. The Bertz CT molecular complexity index is 991. The zero-order valence-corrected chi connectivity index (χ0v) is 12.1. The molecular weight excluding hydrogens is 322 g/mol. The minimum absolute atomic E-state index is 0.0653. The average molecular weight is 329 g/mol. The van der Waals surface area contributed by atoms with Crippen LogP contribution in [0.4, 0.5) is 5.82 Å². The molecule has 4 rings (SSSR count). The van der Waals surface area contributed by atoms with Gasteiger partial charge in [-0.1, -0.05) is 17.4 Å². The fourth-order valence-electron chi connectivity index (χ4n) is 2.09. The van der Waals surface area contributed by atoms with Crippen molar-refractivity contribution >= 4 is 22.1 Å². The summed E-state index contributed by atoms with van der Waals surface area (Å²) in [4.78, 5) is 15.4. The summed E-state index contributed by atoms with van der Waals surface area (Å²) >= 11 is 1.29. The molecule has 23 heavy (non-hydrogen) atoms. The third kappa shape index (κ3) is 2.30. The number of nitro groups is 1. The molecule has 0 saturated heterocycles. The Labute approximate surface area is 131 Å². The lowest BCUT2D eigenvalue weighted by molar-refractivity contribution is -0.391. The van der Waals surface area contributed by atoms with Gasteiger partial charge in [0, 0.05) is 10.9 Å². The Morgan fingerprint density at radius 2 is 2.30 bits per heavy atom. The minimum atomic E-state index is -0.524. The third-order valence-corrected chi connectivity index (χ3v) is 3.79. The molecule has 0 aliphatic carbocycles. The predicted molar refractivity (Wildman–Crippen MR) is 79.5 cm³/mol. The maximum Gasteiger partial charge on any atom is 0.393 e. The average Bonchev–Trinajstić information content (AvgIpc) is 3.23. The summed E-state index contributed by atoms with van der Waals surface area (Å²) in [5.41, 5.74) is 0.642. The monoisotopic (exact) mass is 329 g/mol. The van der Waals surface area contributed by atoms with Gasteiger partial charge in [-0.25, -0.2) is 0 Å². The molecule has 0 unspecified atom stereocenters. The Hall–Kier alpha value is -3.27. The van der Waals surface area contributed by atoms with E-state index in [9.17, 15) is 10.1 Å². The van der Waals surface area contributed by atoms with Gasteiger partial charge in [0.05, 0.1) is 0 Å². The topological polar surface area (TPSA) is 109 Å². The third-order valence-electron chi connectivity index (χ3n) is 3.03. The van der Waals surface area contributed by atoms with E-state index in [0.717, 1.165) is 0 Å². The Kier molecular flexibility index (Phi) is 3.01. The lowest BCUT2D eigenvalue weighted by Gasteiger charge is -2.03. The molecule has 0 saturated carbocycles. The van der Waals surface area contributed by atoms with Crippen molar-refractivity contribution in [1.29, 1.82) is 0 Å². The molecule has 114 valence electrons. The van der Waals surface area contributed by atoms with Crippen molar-refractivity contribution in [3.8, 4) is 23.1 Å². The van der Waals surface area contributed by atoms with Crippen LogP contribution in [0.15, 0.2) is 46.7 Å². The summed E-state index contributed by atoms with van der Waals surface area (Å²) in [6.07, 6.45) is 2.80. The minimum Gasteiger partial charge on any atom is -0.432 e. The van der Waals surface area contributed by atoms with Crippen LogP contribution in [-0.4, -0.2) is 24.5 Å². The summed E-state index contributed by atoms with van der Waals surface area (Å²) in [5, 5.41) is 20.4. The van der Waals surface area contributed by atoms with Crippen LogP contribution in [0.3, 0.4) is 0 Å². The number of benzene rings is 1. The lowest BCUT2D eigenvalue weighted by atomic mass is 10.2. The molecule has 10 heteroatoms.